The monoisotopic (exact) mass is 353 g/mol. The first-order chi connectivity index (χ1) is 12.7. The number of aryl methyl sites for hydroxylation is 1. The van der Waals surface area contributed by atoms with Crippen LogP contribution in [0, 0.1) is 6.92 Å². The first-order valence-electron chi connectivity index (χ1n) is 8.91. The number of rotatable bonds is 2. The Hall–Kier alpha value is -2.44. The number of para-hydroxylation sites is 1. The Morgan fingerprint density at radius 3 is 2.73 bits per heavy atom. The fourth-order valence-electron chi connectivity index (χ4n) is 3.55. The zero-order valence-electron chi connectivity index (χ0n) is 14.9. The smallest absolute Gasteiger partial charge is 0.253 e. The largest absolute Gasteiger partial charge is 0.376 e. The number of carbonyl (C=O) groups excluding carboxylic acids is 1. The van der Waals surface area contributed by atoms with Crippen molar-refractivity contribution in [3.05, 3.63) is 54.2 Å². The molecule has 4 rings (SSSR count). The van der Waals surface area contributed by atoms with E-state index in [1.807, 2.05) is 55.5 Å². The van der Waals surface area contributed by atoms with Crippen LogP contribution in [0.15, 0.2) is 48.5 Å². The van der Waals surface area contributed by atoms with Gasteiger partial charge in [-0.25, -0.2) is 4.98 Å². The summed E-state index contributed by atoms with van der Waals surface area (Å²) in [5.74, 6) is 0.896. The van der Waals surface area contributed by atoms with Crippen molar-refractivity contribution in [3.63, 3.8) is 0 Å². The van der Waals surface area contributed by atoms with Crippen molar-refractivity contribution < 1.29 is 14.3 Å². The van der Waals surface area contributed by atoms with Gasteiger partial charge in [0.1, 0.15) is 18.0 Å². The molecule has 1 unspecified atom stereocenters. The third-order valence-electron chi connectivity index (χ3n) is 4.86. The second-order valence-electron chi connectivity index (χ2n) is 6.90. The molecule has 2 aliphatic rings. The van der Waals surface area contributed by atoms with Gasteiger partial charge in [0, 0.05) is 17.9 Å². The number of pyridine rings is 1. The van der Waals surface area contributed by atoms with E-state index >= 15 is 0 Å². The van der Waals surface area contributed by atoms with Crippen LogP contribution in [0.3, 0.4) is 0 Å². The van der Waals surface area contributed by atoms with E-state index in [1.165, 1.54) is 0 Å². The number of nitrogens with zero attached hydrogens (tertiary/aromatic N) is 3. The lowest BCUT2D eigenvalue weighted by Gasteiger charge is -2.43. The highest BCUT2D eigenvalue weighted by molar-refractivity contribution is 5.95. The summed E-state index contributed by atoms with van der Waals surface area (Å²) >= 11 is 0. The molecule has 0 saturated carbocycles. The summed E-state index contributed by atoms with van der Waals surface area (Å²) in [6.45, 7) is 4.98. The third kappa shape index (κ3) is 3.43. The van der Waals surface area contributed by atoms with Crippen LogP contribution in [-0.2, 0) is 14.3 Å². The molecule has 2 aliphatic heterocycles. The van der Waals surface area contributed by atoms with Crippen LogP contribution in [-0.4, -0.2) is 55.9 Å². The molecule has 3 heterocycles. The number of anilines is 2. The lowest BCUT2D eigenvalue weighted by Crippen LogP contribution is -2.61. The number of carbonyl (C=O) groups is 1. The minimum absolute atomic E-state index is 0.0219. The van der Waals surface area contributed by atoms with Crippen LogP contribution in [0.5, 0.6) is 0 Å². The maximum absolute atomic E-state index is 12.4. The van der Waals surface area contributed by atoms with Gasteiger partial charge in [0.15, 0.2) is 0 Å². The summed E-state index contributed by atoms with van der Waals surface area (Å²) in [6, 6.07) is 15.7. The normalized spacial score (nSPS) is 24.0. The van der Waals surface area contributed by atoms with Gasteiger partial charge >= 0.3 is 0 Å². The van der Waals surface area contributed by atoms with Gasteiger partial charge in [0.2, 0.25) is 0 Å². The molecule has 2 aromatic rings. The second kappa shape index (κ2) is 7.05. The van der Waals surface area contributed by atoms with E-state index in [0.717, 1.165) is 23.7 Å². The van der Waals surface area contributed by atoms with Crippen molar-refractivity contribution in [1.82, 2.24) is 4.98 Å². The van der Waals surface area contributed by atoms with Gasteiger partial charge in [-0.15, -0.1) is 0 Å². The van der Waals surface area contributed by atoms with E-state index in [0.29, 0.717) is 26.3 Å². The number of morpholine rings is 1. The van der Waals surface area contributed by atoms with Crippen LogP contribution in [0.4, 0.5) is 11.5 Å². The molecule has 1 spiro atoms. The van der Waals surface area contributed by atoms with Crippen molar-refractivity contribution in [2.24, 2.45) is 0 Å². The molecule has 0 radical (unpaired) electrons. The van der Waals surface area contributed by atoms with Gasteiger partial charge in [0.05, 0.1) is 26.3 Å². The summed E-state index contributed by atoms with van der Waals surface area (Å²) in [5.41, 5.74) is 1.31. The Kier molecular flexibility index (Phi) is 4.61. The maximum atomic E-state index is 12.4. The quantitative estimate of drug-likeness (QED) is 0.827. The van der Waals surface area contributed by atoms with Gasteiger partial charge in [-0.05, 0) is 31.2 Å². The molecule has 1 amide bonds. The van der Waals surface area contributed by atoms with E-state index in [1.54, 1.807) is 4.90 Å². The van der Waals surface area contributed by atoms with E-state index in [9.17, 15) is 4.79 Å². The molecule has 0 N–H and O–H groups in total. The highest BCUT2D eigenvalue weighted by Gasteiger charge is 2.43. The molecular formula is C20H23N3O3. The van der Waals surface area contributed by atoms with Crippen LogP contribution in [0.1, 0.15) is 5.69 Å². The number of benzene rings is 1. The molecule has 6 nitrogen and oxygen atoms in total. The summed E-state index contributed by atoms with van der Waals surface area (Å²) in [6.07, 6.45) is 0. The van der Waals surface area contributed by atoms with Gasteiger partial charge in [-0.3, -0.25) is 4.79 Å². The van der Waals surface area contributed by atoms with E-state index < -0.39 is 5.60 Å². The fourth-order valence-corrected chi connectivity index (χ4v) is 3.55. The summed E-state index contributed by atoms with van der Waals surface area (Å²) in [4.78, 5) is 21.1. The van der Waals surface area contributed by atoms with Crippen LogP contribution >= 0.6 is 0 Å². The van der Waals surface area contributed by atoms with Crippen LogP contribution in [0.2, 0.25) is 0 Å². The van der Waals surface area contributed by atoms with Crippen molar-refractivity contribution in [2.45, 2.75) is 12.5 Å². The van der Waals surface area contributed by atoms with Gasteiger partial charge < -0.3 is 19.3 Å². The SMILES string of the molecule is Cc1cccc(N2CCOCC3(C2)CN(c2ccccc2)C(=O)CO3)n1. The summed E-state index contributed by atoms with van der Waals surface area (Å²) in [7, 11) is 0. The number of amides is 1. The summed E-state index contributed by atoms with van der Waals surface area (Å²) in [5, 5.41) is 0. The molecule has 1 aromatic heterocycles. The summed E-state index contributed by atoms with van der Waals surface area (Å²) < 4.78 is 11.9. The van der Waals surface area contributed by atoms with Crippen molar-refractivity contribution in [3.8, 4) is 0 Å². The Morgan fingerprint density at radius 1 is 1.08 bits per heavy atom. The molecule has 2 saturated heterocycles. The Balaban J connectivity index is 1.60. The van der Waals surface area contributed by atoms with E-state index in [2.05, 4.69) is 9.88 Å². The zero-order chi connectivity index (χ0) is 18.0. The molecule has 1 aromatic carbocycles. The minimum Gasteiger partial charge on any atom is -0.376 e. The van der Waals surface area contributed by atoms with E-state index in [4.69, 9.17) is 9.47 Å². The van der Waals surface area contributed by atoms with Crippen molar-refractivity contribution >= 4 is 17.4 Å². The topological polar surface area (TPSA) is 54.9 Å². The molecular weight excluding hydrogens is 330 g/mol. The molecule has 6 heteroatoms. The minimum atomic E-state index is -0.564. The van der Waals surface area contributed by atoms with Crippen molar-refractivity contribution in [2.75, 3.05) is 49.3 Å². The predicted octanol–water partition coefficient (Wildman–Crippen LogP) is 2.03. The fraction of sp³-hybridized carbons (Fsp3) is 0.400. The maximum Gasteiger partial charge on any atom is 0.253 e. The second-order valence-corrected chi connectivity index (χ2v) is 6.90. The zero-order valence-corrected chi connectivity index (χ0v) is 14.9. The van der Waals surface area contributed by atoms with Crippen LogP contribution in [0.25, 0.3) is 0 Å². The highest BCUT2D eigenvalue weighted by atomic mass is 16.6. The Labute approximate surface area is 153 Å². The van der Waals surface area contributed by atoms with Crippen LogP contribution < -0.4 is 9.80 Å². The molecule has 0 aliphatic carbocycles. The van der Waals surface area contributed by atoms with E-state index in [-0.39, 0.29) is 12.5 Å². The molecule has 1 atom stereocenters. The average molecular weight is 353 g/mol. The molecule has 2 fully saturated rings. The van der Waals surface area contributed by atoms with Gasteiger partial charge in [-0.1, -0.05) is 24.3 Å². The van der Waals surface area contributed by atoms with Crippen molar-refractivity contribution in [1.29, 1.82) is 0 Å². The third-order valence-corrected chi connectivity index (χ3v) is 4.86. The molecule has 26 heavy (non-hydrogen) atoms. The number of ether oxygens (including phenoxy) is 2. The Bertz CT molecular complexity index is 783. The average Bonchev–Trinajstić information content (AvgIpc) is 2.88. The standard InChI is InChI=1S/C20H23N3O3/c1-16-6-5-9-18(21-16)22-10-11-25-15-20(13-22)14-23(19(24)12-26-20)17-7-3-2-4-8-17/h2-9H,10-15H2,1H3. The first kappa shape index (κ1) is 17.0. The lowest BCUT2D eigenvalue weighted by molar-refractivity contribution is -0.143. The first-order valence-corrected chi connectivity index (χ1v) is 8.91. The predicted molar refractivity (Wildman–Crippen MR) is 99.5 cm³/mol. The number of hydrogen-bond donors (Lipinski definition) is 0. The highest BCUT2D eigenvalue weighted by Crippen LogP contribution is 2.28. The van der Waals surface area contributed by atoms with Gasteiger partial charge in [0.25, 0.3) is 5.91 Å². The number of hydrogen-bond acceptors (Lipinski definition) is 5. The Morgan fingerprint density at radius 2 is 1.92 bits per heavy atom. The van der Waals surface area contributed by atoms with Gasteiger partial charge in [-0.2, -0.15) is 0 Å². The lowest BCUT2D eigenvalue weighted by atomic mass is 10.0. The number of aromatic nitrogens is 1. The molecule has 0 bridgehead atoms. The molecule has 136 valence electrons.